The van der Waals surface area contributed by atoms with E-state index >= 15 is 0 Å². The number of carboxylic acid groups (broad SMARTS) is 1. The van der Waals surface area contributed by atoms with Crippen LogP contribution >= 0.6 is 22.9 Å². The Kier molecular flexibility index (Phi) is 6.96. The zero-order valence-electron chi connectivity index (χ0n) is 17.9. The molecule has 170 valence electrons. The number of hydrogen-bond donors (Lipinski definition) is 2. The van der Waals surface area contributed by atoms with Gasteiger partial charge in [0.1, 0.15) is 18.2 Å². The van der Waals surface area contributed by atoms with Crippen LogP contribution in [0, 0.1) is 11.8 Å². The van der Waals surface area contributed by atoms with Crippen molar-refractivity contribution < 1.29 is 14.7 Å². The van der Waals surface area contributed by atoms with Gasteiger partial charge in [0.15, 0.2) is 0 Å². The van der Waals surface area contributed by atoms with E-state index in [2.05, 4.69) is 32.0 Å². The molecule has 2 N–H and O–H groups in total. The third kappa shape index (κ3) is 5.35. The summed E-state index contributed by atoms with van der Waals surface area (Å²) in [4.78, 5) is 38.1. The Morgan fingerprint density at radius 1 is 1.21 bits per heavy atom. The molecule has 1 aliphatic rings. The van der Waals surface area contributed by atoms with Crippen LogP contribution < -0.4 is 10.2 Å². The first-order valence-electron chi connectivity index (χ1n) is 10.4. The van der Waals surface area contributed by atoms with E-state index in [-0.39, 0.29) is 12.3 Å². The second-order valence-electron chi connectivity index (χ2n) is 7.54. The molecule has 3 aromatic rings. The second-order valence-corrected chi connectivity index (χ2v) is 9.03. The third-order valence-electron chi connectivity index (χ3n) is 5.38. The maximum Gasteiger partial charge on any atom is 0.405 e. The predicted octanol–water partition coefficient (Wildman–Crippen LogP) is 3.24. The van der Waals surface area contributed by atoms with Gasteiger partial charge in [-0.25, -0.2) is 14.8 Å². The minimum atomic E-state index is -1.23. The zero-order chi connectivity index (χ0) is 23.4. The summed E-state index contributed by atoms with van der Waals surface area (Å²) in [5.74, 6) is 6.57. The average molecular weight is 484 g/mol. The highest BCUT2D eigenvalue weighted by Crippen LogP contribution is 2.31. The average Bonchev–Trinajstić information content (AvgIpc) is 3.22. The number of aromatic nitrogens is 2. The second kappa shape index (κ2) is 10.1. The molecule has 33 heavy (non-hydrogen) atoms. The number of halogens is 1. The molecule has 1 unspecified atom stereocenters. The normalized spacial score (nSPS) is 14.5. The molecule has 0 spiro atoms. The lowest BCUT2D eigenvalue weighted by Crippen LogP contribution is -2.55. The zero-order valence-corrected chi connectivity index (χ0v) is 19.5. The van der Waals surface area contributed by atoms with E-state index in [9.17, 15) is 14.7 Å². The third-order valence-corrected chi connectivity index (χ3v) is 6.67. The van der Waals surface area contributed by atoms with Crippen LogP contribution in [-0.4, -0.2) is 64.2 Å². The van der Waals surface area contributed by atoms with Gasteiger partial charge in [-0.1, -0.05) is 29.7 Å². The van der Waals surface area contributed by atoms with Gasteiger partial charge in [0, 0.05) is 37.6 Å². The predicted molar refractivity (Wildman–Crippen MR) is 129 cm³/mol. The Balaban J connectivity index is 1.46. The van der Waals surface area contributed by atoms with Gasteiger partial charge >= 0.3 is 6.09 Å². The highest BCUT2D eigenvalue weighted by molar-refractivity contribution is 7.20. The molecule has 2 aromatic heterocycles. The summed E-state index contributed by atoms with van der Waals surface area (Å²) in [6.45, 7) is 3.91. The van der Waals surface area contributed by atoms with Gasteiger partial charge in [0.05, 0.1) is 15.1 Å². The molecule has 1 aliphatic heterocycles. The first kappa shape index (κ1) is 22.8. The number of fused-ring (bicyclic) bond motifs is 1. The molecule has 4 rings (SSSR count). The van der Waals surface area contributed by atoms with Gasteiger partial charge in [-0.05, 0) is 30.7 Å². The topological polar surface area (TPSA) is 98.7 Å². The van der Waals surface area contributed by atoms with Crippen LogP contribution in [0.3, 0.4) is 0 Å². The summed E-state index contributed by atoms with van der Waals surface area (Å²) in [7, 11) is 0. The number of carbonyl (C=O) groups excluding carboxylic acids is 1. The Bertz CT molecular complexity index is 1230. The quantitative estimate of drug-likeness (QED) is 0.540. The first-order chi connectivity index (χ1) is 15.9. The van der Waals surface area contributed by atoms with Crippen LogP contribution in [0.2, 0.25) is 5.02 Å². The highest BCUT2D eigenvalue weighted by Gasteiger charge is 2.30. The summed E-state index contributed by atoms with van der Waals surface area (Å²) in [6.07, 6.45) is 0.572. The number of nitrogens with zero attached hydrogens (tertiary/aromatic N) is 4. The van der Waals surface area contributed by atoms with Crippen molar-refractivity contribution in [2.45, 2.75) is 19.4 Å². The van der Waals surface area contributed by atoms with Crippen molar-refractivity contribution in [2.75, 3.05) is 31.1 Å². The molecule has 1 aromatic carbocycles. The van der Waals surface area contributed by atoms with Crippen LogP contribution in [0.5, 0.6) is 0 Å². The number of carbonyl (C=O) groups is 2. The smallest absolute Gasteiger partial charge is 0.405 e. The van der Waals surface area contributed by atoms with Gasteiger partial charge in [0.25, 0.3) is 0 Å². The fraction of sp³-hybridized carbons (Fsp3) is 0.304. The van der Waals surface area contributed by atoms with E-state index in [1.165, 1.54) is 0 Å². The van der Waals surface area contributed by atoms with Crippen molar-refractivity contribution in [1.29, 1.82) is 0 Å². The minimum absolute atomic E-state index is 0.239. The lowest BCUT2D eigenvalue weighted by molar-refractivity contribution is -0.133. The maximum absolute atomic E-state index is 13.2. The SMILES string of the molecule is CC#Cc1cc2ncnc(N3CCN(C(=O)C(Cc4ccc(Cl)cc4)NC(=O)O)CC3)c2s1. The van der Waals surface area contributed by atoms with Crippen molar-refractivity contribution in [3.8, 4) is 11.8 Å². The molecule has 0 bridgehead atoms. The van der Waals surface area contributed by atoms with E-state index in [0.717, 1.165) is 26.5 Å². The molecular weight excluding hydrogens is 462 g/mol. The van der Waals surface area contributed by atoms with Crippen molar-refractivity contribution in [3.63, 3.8) is 0 Å². The van der Waals surface area contributed by atoms with E-state index in [4.69, 9.17) is 11.6 Å². The molecule has 3 heterocycles. The van der Waals surface area contributed by atoms with Crippen molar-refractivity contribution in [2.24, 2.45) is 0 Å². The van der Waals surface area contributed by atoms with E-state index < -0.39 is 12.1 Å². The molecule has 2 amide bonds. The summed E-state index contributed by atoms with van der Waals surface area (Å²) < 4.78 is 0.975. The Hall–Kier alpha value is -3.35. The first-order valence-corrected chi connectivity index (χ1v) is 11.6. The Morgan fingerprint density at radius 2 is 1.94 bits per heavy atom. The Morgan fingerprint density at radius 3 is 2.61 bits per heavy atom. The molecule has 0 saturated carbocycles. The lowest BCUT2D eigenvalue weighted by Gasteiger charge is -2.37. The molecule has 1 atom stereocenters. The molecule has 8 nitrogen and oxygen atoms in total. The maximum atomic E-state index is 13.2. The largest absolute Gasteiger partial charge is 0.465 e. The standard InChI is InChI=1S/C23H22ClN5O3S/c1-2-3-17-13-18-20(33-17)21(26-14-25-18)28-8-10-29(11-9-28)22(30)19(27-23(31)32)12-15-4-6-16(24)7-5-15/h4-7,13-14,19,27H,8-12H2,1H3,(H,31,32). The van der Waals surface area contributed by atoms with Gasteiger partial charge in [-0.3, -0.25) is 4.79 Å². The number of thiophene rings is 1. The minimum Gasteiger partial charge on any atom is -0.465 e. The Labute approximate surface area is 200 Å². The van der Waals surface area contributed by atoms with Gasteiger partial charge in [-0.2, -0.15) is 0 Å². The van der Waals surface area contributed by atoms with Crippen LogP contribution in [0.1, 0.15) is 17.4 Å². The monoisotopic (exact) mass is 483 g/mol. The van der Waals surface area contributed by atoms with Gasteiger partial charge < -0.3 is 20.2 Å². The van der Waals surface area contributed by atoms with E-state index in [1.807, 2.05) is 6.07 Å². The van der Waals surface area contributed by atoms with E-state index in [1.54, 1.807) is 53.8 Å². The van der Waals surface area contributed by atoms with Crippen molar-refractivity contribution in [3.05, 3.63) is 52.1 Å². The molecule has 10 heteroatoms. The lowest BCUT2D eigenvalue weighted by atomic mass is 10.0. The van der Waals surface area contributed by atoms with Crippen LogP contribution in [0.25, 0.3) is 10.2 Å². The molecular formula is C23H22ClN5O3S. The number of anilines is 1. The number of hydrogen-bond acceptors (Lipinski definition) is 6. The summed E-state index contributed by atoms with van der Waals surface area (Å²) >= 11 is 7.49. The van der Waals surface area contributed by atoms with E-state index in [0.29, 0.717) is 31.2 Å². The summed E-state index contributed by atoms with van der Waals surface area (Å²) in [6, 6.07) is 8.13. The number of amides is 2. The van der Waals surface area contributed by atoms with Crippen LogP contribution in [0.4, 0.5) is 10.6 Å². The molecule has 1 fully saturated rings. The van der Waals surface area contributed by atoms with Gasteiger partial charge in [0.2, 0.25) is 5.91 Å². The van der Waals surface area contributed by atoms with Crippen molar-refractivity contribution >= 4 is 51.0 Å². The fourth-order valence-electron chi connectivity index (χ4n) is 3.82. The van der Waals surface area contributed by atoms with Crippen LogP contribution in [-0.2, 0) is 11.2 Å². The van der Waals surface area contributed by atoms with Gasteiger partial charge in [-0.15, -0.1) is 17.3 Å². The van der Waals surface area contributed by atoms with Crippen molar-refractivity contribution in [1.82, 2.24) is 20.2 Å². The molecule has 0 aliphatic carbocycles. The number of benzene rings is 1. The molecule has 0 radical (unpaired) electrons. The summed E-state index contributed by atoms with van der Waals surface area (Å²) in [5, 5.41) is 12.2. The molecule has 1 saturated heterocycles. The fourth-order valence-corrected chi connectivity index (χ4v) is 4.98. The number of piperazine rings is 1. The number of rotatable bonds is 5. The van der Waals surface area contributed by atoms with Crippen LogP contribution in [0.15, 0.2) is 36.7 Å². The summed E-state index contributed by atoms with van der Waals surface area (Å²) in [5.41, 5.74) is 1.69. The highest BCUT2D eigenvalue weighted by atomic mass is 35.5. The number of nitrogens with one attached hydrogen (secondary N) is 1.